The second kappa shape index (κ2) is 5.26. The van der Waals surface area contributed by atoms with Crippen molar-refractivity contribution in [2.45, 2.75) is 19.4 Å². The van der Waals surface area contributed by atoms with Gasteiger partial charge in [0.15, 0.2) is 0 Å². The molecule has 2 heterocycles. The van der Waals surface area contributed by atoms with Crippen molar-refractivity contribution in [2.24, 2.45) is 0 Å². The fourth-order valence-electron chi connectivity index (χ4n) is 3.19. The number of aromatic nitrogens is 2. The number of aryl methyl sites for hydroxylation is 1. The van der Waals surface area contributed by atoms with Crippen molar-refractivity contribution < 1.29 is 0 Å². The van der Waals surface area contributed by atoms with Crippen LogP contribution in [0, 0.1) is 6.92 Å². The Balaban J connectivity index is 1.86. The van der Waals surface area contributed by atoms with Gasteiger partial charge in [0.2, 0.25) is 5.95 Å². The third-order valence-electron chi connectivity index (χ3n) is 4.17. The zero-order chi connectivity index (χ0) is 14.9. The van der Waals surface area contributed by atoms with Crippen molar-refractivity contribution in [1.29, 1.82) is 0 Å². The van der Waals surface area contributed by atoms with Crippen LogP contribution in [0.25, 0.3) is 0 Å². The minimum Gasteiger partial charge on any atom is -0.302 e. The maximum atomic E-state index is 4.47. The van der Waals surface area contributed by atoms with Gasteiger partial charge in [-0.25, -0.2) is 9.97 Å². The van der Waals surface area contributed by atoms with Crippen molar-refractivity contribution in [1.82, 2.24) is 9.97 Å². The van der Waals surface area contributed by atoms with E-state index in [1.54, 1.807) is 12.4 Å². The summed E-state index contributed by atoms with van der Waals surface area (Å²) in [5, 5.41) is 0. The molecule has 4 rings (SSSR count). The average Bonchev–Trinajstić information content (AvgIpc) is 2.95. The maximum absolute atomic E-state index is 4.47. The summed E-state index contributed by atoms with van der Waals surface area (Å²) in [5.41, 5.74) is 5.16. The van der Waals surface area contributed by atoms with E-state index in [1.165, 1.54) is 22.4 Å². The molecule has 3 nitrogen and oxygen atoms in total. The highest BCUT2D eigenvalue weighted by Gasteiger charge is 2.32. The number of benzene rings is 2. The Morgan fingerprint density at radius 2 is 1.73 bits per heavy atom. The molecular weight excluding hydrogens is 270 g/mol. The largest absolute Gasteiger partial charge is 0.302 e. The highest BCUT2D eigenvalue weighted by Crippen LogP contribution is 2.44. The predicted octanol–water partition coefficient (Wildman–Crippen LogP) is 4.22. The zero-order valence-corrected chi connectivity index (χ0v) is 12.5. The molecule has 2 aromatic carbocycles. The molecule has 0 N–H and O–H groups in total. The lowest BCUT2D eigenvalue weighted by Crippen LogP contribution is -2.21. The first-order valence-corrected chi connectivity index (χ1v) is 7.53. The van der Waals surface area contributed by atoms with Crippen molar-refractivity contribution in [3.05, 3.63) is 83.7 Å². The summed E-state index contributed by atoms with van der Waals surface area (Å²) in [7, 11) is 0. The van der Waals surface area contributed by atoms with Crippen LogP contribution >= 0.6 is 0 Å². The topological polar surface area (TPSA) is 29.0 Å². The number of nitrogens with zero attached hydrogens (tertiary/aromatic N) is 3. The lowest BCUT2D eigenvalue weighted by Gasteiger charge is -2.25. The van der Waals surface area contributed by atoms with Crippen LogP contribution in [0.3, 0.4) is 0 Å². The van der Waals surface area contributed by atoms with Crippen molar-refractivity contribution in [3.63, 3.8) is 0 Å². The van der Waals surface area contributed by atoms with E-state index in [2.05, 4.69) is 70.3 Å². The molecule has 0 spiro atoms. The van der Waals surface area contributed by atoms with Gasteiger partial charge in [0.1, 0.15) is 0 Å². The zero-order valence-electron chi connectivity index (χ0n) is 12.5. The minimum atomic E-state index is 0.250. The highest BCUT2D eigenvalue weighted by atomic mass is 15.3. The summed E-state index contributed by atoms with van der Waals surface area (Å²) in [5.74, 6) is 0.763. The molecule has 0 aliphatic carbocycles. The van der Waals surface area contributed by atoms with Crippen LogP contribution in [-0.4, -0.2) is 9.97 Å². The van der Waals surface area contributed by atoms with Gasteiger partial charge < -0.3 is 4.90 Å². The second-order valence-corrected chi connectivity index (χ2v) is 5.68. The van der Waals surface area contributed by atoms with E-state index in [9.17, 15) is 0 Å². The smallest absolute Gasteiger partial charge is 0.230 e. The van der Waals surface area contributed by atoms with Crippen molar-refractivity contribution in [2.75, 3.05) is 4.90 Å². The van der Waals surface area contributed by atoms with Crippen LogP contribution in [0.4, 0.5) is 11.6 Å². The Bertz CT molecular complexity index is 784. The SMILES string of the molecule is Cc1ccc2c(c1)CC(c1ccccc1)N2c1ncccn1. The first-order chi connectivity index (χ1) is 10.8. The number of rotatable bonds is 2. The fraction of sp³-hybridized carbons (Fsp3) is 0.158. The number of fused-ring (bicyclic) bond motifs is 1. The van der Waals surface area contributed by atoms with Crippen LogP contribution in [0.2, 0.25) is 0 Å². The molecule has 3 heteroatoms. The molecule has 0 fully saturated rings. The van der Waals surface area contributed by atoms with Crippen LogP contribution in [-0.2, 0) is 6.42 Å². The number of hydrogen-bond donors (Lipinski definition) is 0. The monoisotopic (exact) mass is 287 g/mol. The maximum Gasteiger partial charge on any atom is 0.230 e. The molecule has 0 saturated heterocycles. The van der Waals surface area contributed by atoms with E-state index in [4.69, 9.17) is 0 Å². The first kappa shape index (κ1) is 13.0. The Kier molecular flexibility index (Phi) is 3.11. The van der Waals surface area contributed by atoms with Gasteiger partial charge in [-0.3, -0.25) is 0 Å². The summed E-state index contributed by atoms with van der Waals surface area (Å²) < 4.78 is 0. The lowest BCUT2D eigenvalue weighted by atomic mass is 10.0. The van der Waals surface area contributed by atoms with Gasteiger partial charge in [0, 0.05) is 18.1 Å². The molecule has 0 radical (unpaired) electrons. The lowest BCUT2D eigenvalue weighted by molar-refractivity contribution is 0.724. The normalized spacial score (nSPS) is 16.6. The number of hydrogen-bond acceptors (Lipinski definition) is 3. The van der Waals surface area contributed by atoms with Gasteiger partial charge in [-0.2, -0.15) is 0 Å². The Morgan fingerprint density at radius 1 is 0.955 bits per heavy atom. The minimum absolute atomic E-state index is 0.250. The molecule has 0 saturated carbocycles. The van der Waals surface area contributed by atoms with E-state index in [1.807, 2.05) is 6.07 Å². The quantitative estimate of drug-likeness (QED) is 0.706. The third kappa shape index (κ3) is 2.15. The summed E-state index contributed by atoms with van der Waals surface area (Å²) in [6.45, 7) is 2.14. The first-order valence-electron chi connectivity index (χ1n) is 7.53. The Labute approximate surface area is 130 Å². The second-order valence-electron chi connectivity index (χ2n) is 5.68. The van der Waals surface area contributed by atoms with Gasteiger partial charge in [-0.1, -0.05) is 48.0 Å². The van der Waals surface area contributed by atoms with Gasteiger partial charge in [-0.15, -0.1) is 0 Å². The van der Waals surface area contributed by atoms with Crippen LogP contribution in [0.5, 0.6) is 0 Å². The van der Waals surface area contributed by atoms with Crippen molar-refractivity contribution in [3.8, 4) is 0 Å². The molecule has 0 bridgehead atoms. The average molecular weight is 287 g/mol. The molecule has 0 amide bonds. The van der Waals surface area contributed by atoms with Gasteiger partial charge in [0.05, 0.1) is 6.04 Å². The summed E-state index contributed by atoms with van der Waals surface area (Å²) in [6.07, 6.45) is 4.59. The third-order valence-corrected chi connectivity index (χ3v) is 4.17. The van der Waals surface area contributed by atoms with Gasteiger partial charge in [0.25, 0.3) is 0 Å². The summed E-state index contributed by atoms with van der Waals surface area (Å²) in [6, 6.07) is 19.3. The van der Waals surface area contributed by atoms with E-state index in [-0.39, 0.29) is 6.04 Å². The number of anilines is 2. The van der Waals surface area contributed by atoms with Crippen molar-refractivity contribution >= 4 is 11.6 Å². The van der Waals surface area contributed by atoms with E-state index in [0.717, 1.165) is 12.4 Å². The molecule has 22 heavy (non-hydrogen) atoms. The molecule has 1 unspecified atom stereocenters. The molecule has 1 aliphatic rings. The summed E-state index contributed by atoms with van der Waals surface area (Å²) >= 11 is 0. The molecule has 3 aromatic rings. The van der Waals surface area contributed by atoms with Crippen LogP contribution in [0.15, 0.2) is 67.0 Å². The molecular formula is C19H17N3. The molecule has 1 aromatic heterocycles. The van der Waals surface area contributed by atoms with E-state index < -0.39 is 0 Å². The van der Waals surface area contributed by atoms with E-state index in [0.29, 0.717) is 0 Å². The standard InChI is InChI=1S/C19H17N3/c1-14-8-9-17-16(12-14)13-18(15-6-3-2-4-7-15)22(17)19-20-10-5-11-21-19/h2-12,18H,13H2,1H3. The predicted molar refractivity (Wildman–Crippen MR) is 88.2 cm³/mol. The Morgan fingerprint density at radius 3 is 2.50 bits per heavy atom. The molecule has 1 atom stereocenters. The molecule has 1 aliphatic heterocycles. The molecule has 108 valence electrons. The fourth-order valence-corrected chi connectivity index (χ4v) is 3.19. The van der Waals surface area contributed by atoms with E-state index >= 15 is 0 Å². The Hall–Kier alpha value is -2.68. The van der Waals surface area contributed by atoms with Crippen LogP contribution < -0.4 is 4.90 Å². The highest BCUT2D eigenvalue weighted by molar-refractivity contribution is 5.68. The summed E-state index contributed by atoms with van der Waals surface area (Å²) in [4.78, 5) is 11.2. The van der Waals surface area contributed by atoms with Gasteiger partial charge in [-0.05, 0) is 36.6 Å². The van der Waals surface area contributed by atoms with Gasteiger partial charge >= 0.3 is 0 Å². The van der Waals surface area contributed by atoms with Crippen LogP contribution in [0.1, 0.15) is 22.7 Å².